The van der Waals surface area contributed by atoms with Crippen molar-refractivity contribution in [3.8, 4) is 0 Å². The average Bonchev–Trinajstić information content (AvgIpc) is 2.48. The first kappa shape index (κ1) is 15.3. The molecule has 1 aliphatic heterocycles. The number of nitrogens with zero attached hydrogens (tertiary/aromatic N) is 1. The van der Waals surface area contributed by atoms with E-state index >= 15 is 0 Å². The molecule has 0 radical (unpaired) electrons. The van der Waals surface area contributed by atoms with Gasteiger partial charge in [-0.25, -0.2) is 9.59 Å². The van der Waals surface area contributed by atoms with Gasteiger partial charge in [-0.05, 0) is 44.5 Å². The van der Waals surface area contributed by atoms with E-state index in [1.165, 1.54) is 6.07 Å². The molecule has 0 aliphatic carbocycles. The molecule has 1 heterocycles. The molecule has 114 valence electrons. The highest BCUT2D eigenvalue weighted by Gasteiger charge is 2.24. The third-order valence-electron chi connectivity index (χ3n) is 3.70. The molecule has 21 heavy (non-hydrogen) atoms. The number of hydrogen-bond acceptors (Lipinski definition) is 3. The highest BCUT2D eigenvalue weighted by molar-refractivity contribution is 5.99. The van der Waals surface area contributed by atoms with Crippen molar-refractivity contribution >= 4 is 17.7 Å². The van der Waals surface area contributed by atoms with Gasteiger partial charge in [0.25, 0.3) is 0 Å². The van der Waals surface area contributed by atoms with Crippen LogP contribution in [0.25, 0.3) is 0 Å². The Morgan fingerprint density at radius 1 is 1.38 bits per heavy atom. The number of amides is 2. The van der Waals surface area contributed by atoms with Crippen molar-refractivity contribution in [2.75, 3.05) is 32.0 Å². The number of benzene rings is 1. The Morgan fingerprint density at radius 3 is 2.86 bits per heavy atom. The molecular weight excluding hydrogens is 270 g/mol. The lowest BCUT2D eigenvalue weighted by Crippen LogP contribution is -2.44. The van der Waals surface area contributed by atoms with Gasteiger partial charge < -0.3 is 20.6 Å². The Hall–Kier alpha value is -2.08. The molecule has 0 spiro atoms. The molecule has 1 unspecified atom stereocenters. The van der Waals surface area contributed by atoms with Crippen molar-refractivity contribution in [3.05, 3.63) is 29.8 Å². The molecule has 1 aromatic carbocycles. The SMILES string of the molecule is CNCC1CCCN(C(=O)Nc2ccccc2C(=O)O)C1. The molecular formula is C15H21N3O3. The average molecular weight is 291 g/mol. The minimum atomic E-state index is -1.04. The summed E-state index contributed by atoms with van der Waals surface area (Å²) in [4.78, 5) is 25.2. The number of para-hydroxylation sites is 1. The van der Waals surface area contributed by atoms with E-state index < -0.39 is 5.97 Å². The Morgan fingerprint density at radius 2 is 2.14 bits per heavy atom. The number of carboxylic acid groups (broad SMARTS) is 1. The quantitative estimate of drug-likeness (QED) is 0.790. The van der Waals surface area contributed by atoms with Gasteiger partial charge in [0, 0.05) is 13.1 Å². The Kier molecular flexibility index (Phi) is 5.16. The van der Waals surface area contributed by atoms with Crippen molar-refractivity contribution in [1.29, 1.82) is 0 Å². The van der Waals surface area contributed by atoms with Crippen molar-refractivity contribution in [2.24, 2.45) is 5.92 Å². The first-order valence-electron chi connectivity index (χ1n) is 7.14. The largest absolute Gasteiger partial charge is 0.478 e. The molecule has 1 aliphatic rings. The van der Waals surface area contributed by atoms with Crippen molar-refractivity contribution in [2.45, 2.75) is 12.8 Å². The number of rotatable bonds is 4. The van der Waals surface area contributed by atoms with E-state index in [-0.39, 0.29) is 11.6 Å². The third kappa shape index (κ3) is 3.95. The van der Waals surface area contributed by atoms with E-state index in [1.807, 2.05) is 7.05 Å². The second kappa shape index (κ2) is 7.08. The summed E-state index contributed by atoms with van der Waals surface area (Å²) in [5.41, 5.74) is 0.445. The van der Waals surface area contributed by atoms with Gasteiger partial charge in [0.2, 0.25) is 0 Å². The molecule has 3 N–H and O–H groups in total. The van der Waals surface area contributed by atoms with Crippen LogP contribution >= 0.6 is 0 Å². The van der Waals surface area contributed by atoms with Crippen LogP contribution in [-0.4, -0.2) is 48.7 Å². The van der Waals surface area contributed by atoms with Gasteiger partial charge in [0.15, 0.2) is 0 Å². The summed E-state index contributed by atoms with van der Waals surface area (Å²) in [6.45, 7) is 2.29. The molecule has 2 rings (SSSR count). The van der Waals surface area contributed by atoms with E-state index in [0.717, 1.165) is 19.4 Å². The predicted molar refractivity (Wildman–Crippen MR) is 80.6 cm³/mol. The number of piperidine rings is 1. The van der Waals surface area contributed by atoms with Crippen molar-refractivity contribution in [3.63, 3.8) is 0 Å². The Balaban J connectivity index is 2.03. The molecule has 0 bridgehead atoms. The fraction of sp³-hybridized carbons (Fsp3) is 0.467. The highest BCUT2D eigenvalue weighted by atomic mass is 16.4. The van der Waals surface area contributed by atoms with E-state index in [4.69, 9.17) is 5.11 Å². The molecule has 0 saturated carbocycles. The van der Waals surface area contributed by atoms with Crippen LogP contribution in [0.4, 0.5) is 10.5 Å². The Labute approximate surface area is 124 Å². The number of carboxylic acids is 1. The molecule has 1 saturated heterocycles. The summed E-state index contributed by atoms with van der Waals surface area (Å²) in [7, 11) is 1.90. The number of carbonyl (C=O) groups excluding carboxylic acids is 1. The van der Waals surface area contributed by atoms with Crippen LogP contribution in [0.1, 0.15) is 23.2 Å². The molecule has 1 fully saturated rings. The van der Waals surface area contributed by atoms with Gasteiger partial charge in [0.1, 0.15) is 0 Å². The van der Waals surface area contributed by atoms with E-state index in [9.17, 15) is 9.59 Å². The highest BCUT2D eigenvalue weighted by Crippen LogP contribution is 2.19. The maximum atomic E-state index is 12.3. The smallest absolute Gasteiger partial charge is 0.337 e. The number of urea groups is 1. The van der Waals surface area contributed by atoms with Crippen LogP contribution in [0.5, 0.6) is 0 Å². The van der Waals surface area contributed by atoms with Crippen LogP contribution in [0, 0.1) is 5.92 Å². The van der Waals surface area contributed by atoms with Crippen molar-refractivity contribution in [1.82, 2.24) is 10.2 Å². The first-order chi connectivity index (χ1) is 10.1. The monoisotopic (exact) mass is 291 g/mol. The summed E-state index contributed by atoms with van der Waals surface area (Å²) >= 11 is 0. The molecule has 6 nitrogen and oxygen atoms in total. The number of nitrogens with one attached hydrogen (secondary N) is 2. The zero-order chi connectivity index (χ0) is 15.2. The lowest BCUT2D eigenvalue weighted by molar-refractivity contribution is 0.0698. The second-order valence-electron chi connectivity index (χ2n) is 5.29. The van der Waals surface area contributed by atoms with Crippen molar-refractivity contribution < 1.29 is 14.7 Å². The van der Waals surface area contributed by atoms with E-state index in [1.54, 1.807) is 23.1 Å². The minimum absolute atomic E-state index is 0.106. The summed E-state index contributed by atoms with van der Waals surface area (Å²) in [6, 6.07) is 6.21. The molecule has 1 aromatic rings. The fourth-order valence-corrected chi connectivity index (χ4v) is 2.68. The molecule has 6 heteroatoms. The number of likely N-dealkylation sites (tertiary alicyclic amines) is 1. The summed E-state index contributed by atoms with van der Waals surface area (Å²) in [5.74, 6) is -0.596. The zero-order valence-electron chi connectivity index (χ0n) is 12.1. The third-order valence-corrected chi connectivity index (χ3v) is 3.70. The number of anilines is 1. The maximum absolute atomic E-state index is 12.3. The van der Waals surface area contributed by atoms with Crippen LogP contribution in [0.2, 0.25) is 0 Å². The lowest BCUT2D eigenvalue weighted by atomic mass is 9.98. The van der Waals surface area contributed by atoms with Crippen LogP contribution in [-0.2, 0) is 0 Å². The first-order valence-corrected chi connectivity index (χ1v) is 7.14. The van der Waals surface area contributed by atoms with Gasteiger partial charge in [-0.15, -0.1) is 0 Å². The van der Waals surface area contributed by atoms with Crippen LogP contribution in [0.15, 0.2) is 24.3 Å². The van der Waals surface area contributed by atoms with Gasteiger partial charge in [-0.3, -0.25) is 0 Å². The Bertz CT molecular complexity index is 517. The van der Waals surface area contributed by atoms with Crippen LogP contribution < -0.4 is 10.6 Å². The lowest BCUT2D eigenvalue weighted by Gasteiger charge is -2.32. The van der Waals surface area contributed by atoms with Gasteiger partial charge in [0.05, 0.1) is 11.3 Å². The van der Waals surface area contributed by atoms with E-state index in [0.29, 0.717) is 24.7 Å². The molecule has 0 aromatic heterocycles. The summed E-state index contributed by atoms with van der Waals surface area (Å²) < 4.78 is 0. The van der Waals surface area contributed by atoms with Gasteiger partial charge in [-0.2, -0.15) is 0 Å². The molecule has 2 amide bonds. The molecule has 1 atom stereocenters. The zero-order valence-corrected chi connectivity index (χ0v) is 12.1. The number of hydrogen-bond donors (Lipinski definition) is 3. The topological polar surface area (TPSA) is 81.7 Å². The normalized spacial score (nSPS) is 18.3. The van der Waals surface area contributed by atoms with E-state index in [2.05, 4.69) is 10.6 Å². The summed E-state index contributed by atoms with van der Waals surface area (Å²) in [5, 5.41) is 15.0. The maximum Gasteiger partial charge on any atom is 0.337 e. The number of aromatic carboxylic acids is 1. The minimum Gasteiger partial charge on any atom is -0.478 e. The standard InChI is InChI=1S/C15H21N3O3/c1-16-9-11-5-4-8-18(10-11)15(21)17-13-7-3-2-6-12(13)14(19)20/h2-3,6-7,11,16H,4-5,8-10H2,1H3,(H,17,21)(H,19,20). The summed E-state index contributed by atoms with van der Waals surface area (Å²) in [6.07, 6.45) is 2.08. The van der Waals surface area contributed by atoms with Crippen LogP contribution in [0.3, 0.4) is 0 Å². The predicted octanol–water partition coefficient (Wildman–Crippen LogP) is 1.85. The van der Waals surface area contributed by atoms with Gasteiger partial charge in [-0.1, -0.05) is 12.1 Å². The second-order valence-corrected chi connectivity index (χ2v) is 5.29. The van der Waals surface area contributed by atoms with Gasteiger partial charge >= 0.3 is 12.0 Å². The fourth-order valence-electron chi connectivity index (χ4n) is 2.68. The number of carbonyl (C=O) groups is 2.